The fourth-order valence-electron chi connectivity index (χ4n) is 1.73. The fourth-order valence-corrected chi connectivity index (χ4v) is 1.73. The van der Waals surface area contributed by atoms with Crippen molar-refractivity contribution >= 4 is 5.91 Å². The molecule has 1 unspecified atom stereocenters. The molecule has 0 bridgehead atoms. The van der Waals surface area contributed by atoms with E-state index in [1.807, 2.05) is 11.5 Å². The van der Waals surface area contributed by atoms with E-state index in [1.165, 1.54) is 12.5 Å². The summed E-state index contributed by atoms with van der Waals surface area (Å²) >= 11 is 0. The predicted octanol–water partition coefficient (Wildman–Crippen LogP) is 0.902. The van der Waals surface area contributed by atoms with Crippen LogP contribution in [0.1, 0.15) is 42.6 Å². The number of nitrogens with zero attached hydrogens (tertiary/aromatic N) is 4. The van der Waals surface area contributed by atoms with E-state index < -0.39 is 0 Å². The van der Waals surface area contributed by atoms with Gasteiger partial charge in [0, 0.05) is 6.54 Å². The summed E-state index contributed by atoms with van der Waals surface area (Å²) in [6, 6.07) is -0.199. The van der Waals surface area contributed by atoms with Gasteiger partial charge in [-0.15, -0.1) is 10.2 Å². The van der Waals surface area contributed by atoms with Gasteiger partial charge in [-0.1, -0.05) is 6.92 Å². The molecule has 1 atom stereocenters. The third kappa shape index (κ3) is 2.55. The summed E-state index contributed by atoms with van der Waals surface area (Å²) in [5, 5.41) is 10.8. The Morgan fingerprint density at radius 1 is 1.61 bits per heavy atom. The average Bonchev–Trinajstić information content (AvgIpc) is 3.00. The molecule has 2 aromatic heterocycles. The first-order valence-corrected chi connectivity index (χ1v) is 5.89. The molecule has 96 valence electrons. The van der Waals surface area contributed by atoms with E-state index in [1.54, 1.807) is 6.33 Å². The maximum Gasteiger partial charge on any atom is 0.269 e. The number of aromatic nitrogens is 5. The molecule has 0 saturated carbocycles. The molecule has 1 amide bonds. The Morgan fingerprint density at radius 2 is 2.44 bits per heavy atom. The van der Waals surface area contributed by atoms with E-state index in [2.05, 4.69) is 32.4 Å². The first kappa shape index (κ1) is 12.3. The number of hydrogen-bond acceptors (Lipinski definition) is 4. The van der Waals surface area contributed by atoms with Gasteiger partial charge in [0.1, 0.15) is 12.0 Å². The van der Waals surface area contributed by atoms with Gasteiger partial charge in [0.05, 0.1) is 18.6 Å². The Morgan fingerprint density at radius 3 is 3.11 bits per heavy atom. The van der Waals surface area contributed by atoms with Gasteiger partial charge in [-0.2, -0.15) is 0 Å². The van der Waals surface area contributed by atoms with Crippen LogP contribution in [0.25, 0.3) is 0 Å². The maximum absolute atomic E-state index is 11.8. The van der Waals surface area contributed by atoms with E-state index in [0.717, 1.165) is 18.8 Å². The molecule has 2 rings (SSSR count). The number of aromatic amines is 1. The van der Waals surface area contributed by atoms with Gasteiger partial charge in [0.15, 0.2) is 5.82 Å². The lowest BCUT2D eigenvalue weighted by Gasteiger charge is -2.13. The number of H-pyrrole nitrogens is 1. The molecule has 2 aromatic rings. The molecular formula is C11H16N6O. The largest absolute Gasteiger partial charge is 0.341 e. The van der Waals surface area contributed by atoms with Gasteiger partial charge in [-0.05, 0) is 13.3 Å². The second kappa shape index (κ2) is 5.44. The molecular weight excluding hydrogens is 232 g/mol. The van der Waals surface area contributed by atoms with Crippen molar-refractivity contribution in [3.8, 4) is 0 Å². The van der Waals surface area contributed by atoms with Crippen LogP contribution in [-0.4, -0.2) is 30.6 Å². The molecule has 0 radical (unpaired) electrons. The standard InChI is InChI=1S/C11H16N6O/c1-3-4-17-7-14-16-10(17)8(2)15-11(18)9-5-12-6-13-9/h5-8H,3-4H2,1-2H3,(H,12,13)(H,15,18). The molecule has 2 N–H and O–H groups in total. The zero-order valence-electron chi connectivity index (χ0n) is 10.4. The number of carbonyl (C=O) groups excluding carboxylic acids is 1. The van der Waals surface area contributed by atoms with Crippen molar-refractivity contribution in [2.45, 2.75) is 32.9 Å². The summed E-state index contributed by atoms with van der Waals surface area (Å²) < 4.78 is 1.94. The van der Waals surface area contributed by atoms with Gasteiger partial charge in [0.2, 0.25) is 0 Å². The molecule has 18 heavy (non-hydrogen) atoms. The van der Waals surface area contributed by atoms with Crippen molar-refractivity contribution in [3.05, 3.63) is 30.4 Å². The highest BCUT2D eigenvalue weighted by Crippen LogP contribution is 2.10. The summed E-state index contributed by atoms with van der Waals surface area (Å²) in [5.74, 6) is 0.552. The minimum Gasteiger partial charge on any atom is -0.341 e. The Bertz CT molecular complexity index is 503. The Labute approximate surface area is 105 Å². The van der Waals surface area contributed by atoms with Crippen molar-refractivity contribution in [2.75, 3.05) is 0 Å². The minimum atomic E-state index is -0.203. The summed E-state index contributed by atoms with van der Waals surface area (Å²) in [6.45, 7) is 4.80. The van der Waals surface area contributed by atoms with E-state index >= 15 is 0 Å². The second-order valence-corrected chi connectivity index (χ2v) is 4.04. The highest BCUT2D eigenvalue weighted by Gasteiger charge is 2.16. The minimum absolute atomic E-state index is 0.199. The van der Waals surface area contributed by atoms with Crippen molar-refractivity contribution in [1.29, 1.82) is 0 Å². The van der Waals surface area contributed by atoms with Crippen molar-refractivity contribution < 1.29 is 4.79 Å². The number of rotatable bonds is 5. The molecule has 7 heteroatoms. The van der Waals surface area contributed by atoms with Crippen LogP contribution in [0.2, 0.25) is 0 Å². The first-order chi connectivity index (χ1) is 8.72. The molecule has 0 fully saturated rings. The van der Waals surface area contributed by atoms with Gasteiger partial charge < -0.3 is 14.9 Å². The van der Waals surface area contributed by atoms with Crippen molar-refractivity contribution in [1.82, 2.24) is 30.0 Å². The number of hydrogen-bond donors (Lipinski definition) is 2. The van der Waals surface area contributed by atoms with E-state index in [4.69, 9.17) is 0 Å². The lowest BCUT2D eigenvalue weighted by atomic mass is 10.3. The lowest BCUT2D eigenvalue weighted by Crippen LogP contribution is -2.29. The quantitative estimate of drug-likeness (QED) is 0.822. The Kier molecular flexibility index (Phi) is 3.71. The van der Waals surface area contributed by atoms with Crippen LogP contribution in [0.3, 0.4) is 0 Å². The number of amides is 1. The van der Waals surface area contributed by atoms with E-state index in [9.17, 15) is 4.79 Å². The topological polar surface area (TPSA) is 88.5 Å². The summed E-state index contributed by atoms with van der Waals surface area (Å²) in [4.78, 5) is 18.4. The molecule has 7 nitrogen and oxygen atoms in total. The van der Waals surface area contributed by atoms with Crippen LogP contribution in [0, 0.1) is 0 Å². The molecule has 0 saturated heterocycles. The molecule has 0 aromatic carbocycles. The van der Waals surface area contributed by atoms with Crippen LogP contribution < -0.4 is 5.32 Å². The number of aryl methyl sites for hydroxylation is 1. The Balaban J connectivity index is 2.05. The van der Waals surface area contributed by atoms with Gasteiger partial charge in [-0.25, -0.2) is 4.98 Å². The number of imidazole rings is 1. The molecule has 0 aliphatic heterocycles. The summed E-state index contributed by atoms with van der Waals surface area (Å²) in [5.41, 5.74) is 0.434. The van der Waals surface area contributed by atoms with Crippen LogP contribution in [0.15, 0.2) is 18.9 Å². The molecule has 0 spiro atoms. The monoisotopic (exact) mass is 248 g/mol. The lowest BCUT2D eigenvalue weighted by molar-refractivity contribution is 0.0933. The molecule has 0 aliphatic rings. The Hall–Kier alpha value is -2.18. The highest BCUT2D eigenvalue weighted by molar-refractivity contribution is 5.92. The van der Waals surface area contributed by atoms with Crippen LogP contribution >= 0.6 is 0 Å². The maximum atomic E-state index is 11.8. The highest BCUT2D eigenvalue weighted by atomic mass is 16.2. The van der Waals surface area contributed by atoms with Crippen LogP contribution in [0.4, 0.5) is 0 Å². The predicted molar refractivity (Wildman–Crippen MR) is 64.8 cm³/mol. The average molecular weight is 248 g/mol. The number of carbonyl (C=O) groups is 1. The SMILES string of the molecule is CCCn1cnnc1C(C)NC(=O)c1cnc[nH]1. The first-order valence-electron chi connectivity index (χ1n) is 5.89. The second-order valence-electron chi connectivity index (χ2n) is 4.04. The van der Waals surface area contributed by atoms with Crippen LogP contribution in [0.5, 0.6) is 0 Å². The summed E-state index contributed by atoms with van der Waals surface area (Å²) in [7, 11) is 0. The van der Waals surface area contributed by atoms with Gasteiger partial charge in [0.25, 0.3) is 5.91 Å². The molecule has 0 aliphatic carbocycles. The zero-order valence-corrected chi connectivity index (χ0v) is 10.4. The van der Waals surface area contributed by atoms with E-state index in [0.29, 0.717) is 5.69 Å². The van der Waals surface area contributed by atoms with Crippen molar-refractivity contribution in [2.24, 2.45) is 0 Å². The fraction of sp³-hybridized carbons (Fsp3) is 0.455. The van der Waals surface area contributed by atoms with Gasteiger partial charge >= 0.3 is 0 Å². The third-order valence-electron chi connectivity index (χ3n) is 2.59. The van der Waals surface area contributed by atoms with Crippen LogP contribution in [-0.2, 0) is 6.54 Å². The summed E-state index contributed by atoms with van der Waals surface area (Å²) in [6.07, 6.45) is 5.63. The van der Waals surface area contributed by atoms with Gasteiger partial charge in [-0.3, -0.25) is 4.79 Å². The third-order valence-corrected chi connectivity index (χ3v) is 2.59. The zero-order chi connectivity index (χ0) is 13.0. The van der Waals surface area contributed by atoms with Crippen molar-refractivity contribution in [3.63, 3.8) is 0 Å². The van der Waals surface area contributed by atoms with E-state index in [-0.39, 0.29) is 11.9 Å². The number of nitrogens with one attached hydrogen (secondary N) is 2. The normalized spacial score (nSPS) is 12.3. The molecule has 2 heterocycles. The smallest absolute Gasteiger partial charge is 0.269 e.